The monoisotopic (exact) mass is 330 g/mol. The number of benzene rings is 1. The molecule has 1 aromatic carbocycles. The van der Waals surface area contributed by atoms with Gasteiger partial charge in [0.2, 0.25) is 11.1 Å². The van der Waals surface area contributed by atoms with Gasteiger partial charge >= 0.3 is 0 Å². The van der Waals surface area contributed by atoms with E-state index in [1.807, 2.05) is 0 Å². The third-order valence-electron chi connectivity index (χ3n) is 2.63. The summed E-state index contributed by atoms with van der Waals surface area (Å²) in [6.07, 6.45) is 2.27. The van der Waals surface area contributed by atoms with Crippen LogP contribution in [0.2, 0.25) is 5.28 Å². The lowest BCUT2D eigenvalue weighted by molar-refractivity contribution is 0.363. The molecular formula is C15H8ClFN4O2. The lowest BCUT2D eigenvalue weighted by Gasteiger charge is -2.10. The van der Waals surface area contributed by atoms with E-state index in [0.29, 0.717) is 5.56 Å². The summed E-state index contributed by atoms with van der Waals surface area (Å²) in [5.41, 5.74) is 0.489. The summed E-state index contributed by atoms with van der Waals surface area (Å²) in [7, 11) is 1.40. The van der Waals surface area contributed by atoms with Crippen molar-refractivity contribution in [3.05, 3.63) is 46.6 Å². The number of nitrogens with zero attached hydrogens (tertiary/aromatic N) is 4. The quantitative estimate of drug-likeness (QED) is 0.629. The average molecular weight is 331 g/mol. The lowest BCUT2D eigenvalue weighted by atomic mass is 10.1. The number of aromatic nitrogens is 2. The first-order chi connectivity index (χ1) is 11.1. The molecule has 1 aromatic heterocycles. The number of ether oxygens (including phenoxy) is 2. The molecule has 1 heterocycles. The zero-order valence-corrected chi connectivity index (χ0v) is 12.5. The van der Waals surface area contributed by atoms with Crippen LogP contribution >= 0.6 is 11.6 Å². The maximum absolute atomic E-state index is 13.6. The Morgan fingerprint density at radius 3 is 2.70 bits per heavy atom. The van der Waals surface area contributed by atoms with Gasteiger partial charge in [-0.05, 0) is 35.4 Å². The Balaban J connectivity index is 2.38. The number of allylic oxidation sites excluding steroid dienone is 1. The van der Waals surface area contributed by atoms with Gasteiger partial charge in [0.15, 0.2) is 11.5 Å². The fourth-order valence-corrected chi connectivity index (χ4v) is 1.75. The van der Waals surface area contributed by atoms with E-state index < -0.39 is 5.82 Å². The number of hydrogen-bond acceptors (Lipinski definition) is 6. The molecule has 0 saturated heterocycles. The maximum Gasteiger partial charge on any atom is 0.260 e. The number of hydrogen-bond donors (Lipinski definition) is 0. The molecule has 0 atom stereocenters. The minimum Gasteiger partial charge on any atom is -0.493 e. The second kappa shape index (κ2) is 7.21. The summed E-state index contributed by atoms with van der Waals surface area (Å²) in [6.45, 7) is 0. The van der Waals surface area contributed by atoms with Crippen molar-refractivity contribution in [2.24, 2.45) is 0 Å². The van der Waals surface area contributed by atoms with Crippen LogP contribution in [-0.4, -0.2) is 17.1 Å². The molecule has 23 heavy (non-hydrogen) atoms. The molecule has 0 radical (unpaired) electrons. The second-order valence-corrected chi connectivity index (χ2v) is 4.42. The zero-order valence-electron chi connectivity index (χ0n) is 11.7. The van der Waals surface area contributed by atoms with Gasteiger partial charge in [-0.1, -0.05) is 6.07 Å². The van der Waals surface area contributed by atoms with Gasteiger partial charge in [-0.15, -0.1) is 0 Å². The Kier molecular flexibility index (Phi) is 5.08. The van der Waals surface area contributed by atoms with E-state index in [-0.39, 0.29) is 28.2 Å². The highest BCUT2D eigenvalue weighted by molar-refractivity contribution is 6.28. The van der Waals surface area contributed by atoms with Crippen LogP contribution in [0.4, 0.5) is 4.39 Å². The standard InChI is InChI=1S/C15H8ClFN4O2/c1-22-13-5-9(4-10(6-18)7-19)2-3-12(13)23-14-11(17)8-20-15(16)21-14/h2-5,8H,1H3. The predicted molar refractivity (Wildman–Crippen MR) is 79.3 cm³/mol. The van der Waals surface area contributed by atoms with E-state index in [4.69, 9.17) is 31.6 Å². The van der Waals surface area contributed by atoms with Crippen molar-refractivity contribution < 1.29 is 13.9 Å². The Morgan fingerprint density at radius 1 is 1.30 bits per heavy atom. The van der Waals surface area contributed by atoms with Gasteiger partial charge in [0.1, 0.15) is 17.7 Å². The summed E-state index contributed by atoms with van der Waals surface area (Å²) >= 11 is 5.60. The van der Waals surface area contributed by atoms with E-state index in [9.17, 15) is 4.39 Å². The molecule has 0 bridgehead atoms. The molecule has 0 fully saturated rings. The molecule has 0 aliphatic carbocycles. The molecule has 0 aliphatic heterocycles. The lowest BCUT2D eigenvalue weighted by Crippen LogP contribution is -1.96. The van der Waals surface area contributed by atoms with Crippen LogP contribution in [0.5, 0.6) is 17.4 Å². The molecule has 0 unspecified atom stereocenters. The van der Waals surface area contributed by atoms with Gasteiger partial charge in [-0.2, -0.15) is 19.9 Å². The first kappa shape index (κ1) is 16.2. The molecule has 0 aliphatic rings. The fourth-order valence-electron chi connectivity index (χ4n) is 1.62. The van der Waals surface area contributed by atoms with Gasteiger partial charge in [0, 0.05) is 0 Å². The number of rotatable bonds is 4. The van der Waals surface area contributed by atoms with Crippen molar-refractivity contribution in [1.82, 2.24) is 9.97 Å². The minimum absolute atomic E-state index is 0.0608. The normalized spacial score (nSPS) is 9.43. The predicted octanol–water partition coefficient (Wildman–Crippen LogP) is 3.50. The first-order valence-corrected chi connectivity index (χ1v) is 6.51. The van der Waals surface area contributed by atoms with Gasteiger partial charge in [-0.3, -0.25) is 0 Å². The van der Waals surface area contributed by atoms with Crippen LogP contribution in [0.25, 0.3) is 6.08 Å². The number of halogens is 2. The SMILES string of the molecule is COc1cc(C=C(C#N)C#N)ccc1Oc1nc(Cl)ncc1F. The molecule has 114 valence electrons. The van der Waals surface area contributed by atoms with E-state index in [1.54, 1.807) is 18.2 Å². The summed E-state index contributed by atoms with van der Waals surface area (Å²) in [6, 6.07) is 8.11. The van der Waals surface area contributed by atoms with Crippen LogP contribution in [-0.2, 0) is 0 Å². The van der Waals surface area contributed by atoms with Gasteiger partial charge in [0.05, 0.1) is 13.3 Å². The molecule has 2 aromatic rings. The average Bonchev–Trinajstić information content (AvgIpc) is 2.57. The third kappa shape index (κ3) is 3.94. The summed E-state index contributed by atoms with van der Waals surface area (Å²) < 4.78 is 24.1. The van der Waals surface area contributed by atoms with Crippen molar-refractivity contribution in [2.45, 2.75) is 0 Å². The second-order valence-electron chi connectivity index (χ2n) is 4.09. The molecule has 0 saturated carbocycles. The minimum atomic E-state index is -0.781. The largest absolute Gasteiger partial charge is 0.493 e. The maximum atomic E-state index is 13.6. The van der Waals surface area contributed by atoms with Gasteiger partial charge < -0.3 is 9.47 Å². The van der Waals surface area contributed by atoms with Crippen molar-refractivity contribution in [1.29, 1.82) is 10.5 Å². The molecule has 8 heteroatoms. The molecule has 2 rings (SSSR count). The van der Waals surface area contributed by atoms with Crippen molar-refractivity contribution in [3.8, 4) is 29.5 Å². The highest BCUT2D eigenvalue weighted by atomic mass is 35.5. The fraction of sp³-hybridized carbons (Fsp3) is 0.0667. The smallest absolute Gasteiger partial charge is 0.260 e. The molecule has 6 nitrogen and oxygen atoms in total. The Hall–Kier alpha value is -3.16. The van der Waals surface area contributed by atoms with Crippen molar-refractivity contribution >= 4 is 17.7 Å². The van der Waals surface area contributed by atoms with Crippen molar-refractivity contribution in [3.63, 3.8) is 0 Å². The van der Waals surface area contributed by atoms with E-state index in [1.165, 1.54) is 25.3 Å². The molecule has 0 N–H and O–H groups in total. The summed E-state index contributed by atoms with van der Waals surface area (Å²) in [5.74, 6) is -0.671. The molecule has 0 spiro atoms. The Bertz CT molecular complexity index is 840. The van der Waals surface area contributed by atoms with Crippen LogP contribution in [0.15, 0.2) is 30.0 Å². The topological polar surface area (TPSA) is 91.8 Å². The van der Waals surface area contributed by atoms with E-state index in [2.05, 4.69) is 9.97 Å². The Labute approximate surface area is 136 Å². The summed E-state index contributed by atoms with van der Waals surface area (Å²) in [5, 5.41) is 17.3. The van der Waals surface area contributed by atoms with Crippen LogP contribution in [0.1, 0.15) is 5.56 Å². The number of methoxy groups -OCH3 is 1. The van der Waals surface area contributed by atoms with Gasteiger partial charge in [-0.25, -0.2) is 4.98 Å². The van der Waals surface area contributed by atoms with Crippen LogP contribution < -0.4 is 9.47 Å². The first-order valence-electron chi connectivity index (χ1n) is 6.13. The zero-order chi connectivity index (χ0) is 16.8. The van der Waals surface area contributed by atoms with Crippen molar-refractivity contribution in [2.75, 3.05) is 7.11 Å². The highest BCUT2D eigenvalue weighted by Gasteiger charge is 2.12. The molecule has 0 amide bonds. The van der Waals surface area contributed by atoms with Gasteiger partial charge in [0.25, 0.3) is 5.88 Å². The Morgan fingerprint density at radius 2 is 2.04 bits per heavy atom. The van der Waals surface area contributed by atoms with Crippen LogP contribution in [0.3, 0.4) is 0 Å². The molecular weight excluding hydrogens is 323 g/mol. The summed E-state index contributed by atoms with van der Waals surface area (Å²) in [4.78, 5) is 7.13. The van der Waals surface area contributed by atoms with E-state index in [0.717, 1.165) is 6.20 Å². The van der Waals surface area contributed by atoms with Crippen LogP contribution in [0, 0.1) is 28.5 Å². The number of nitriles is 2. The third-order valence-corrected chi connectivity index (χ3v) is 2.81. The van der Waals surface area contributed by atoms with E-state index >= 15 is 0 Å². The highest BCUT2D eigenvalue weighted by Crippen LogP contribution is 2.33.